The molecule has 1 fully saturated rings. The average Bonchev–Trinajstić information content (AvgIpc) is 2.73. The number of aromatic nitrogens is 3. The molecule has 3 rings (SSSR count). The van der Waals surface area contributed by atoms with Gasteiger partial charge in [0.25, 0.3) is 0 Å². The lowest BCUT2D eigenvalue weighted by Crippen LogP contribution is -2.28. The number of nitrogens with one attached hydrogen (secondary N) is 1. The monoisotopic (exact) mass is 232 g/mol. The van der Waals surface area contributed by atoms with E-state index in [0.717, 1.165) is 42.8 Å². The molecule has 0 spiro atoms. The minimum atomic E-state index is 0.474. The van der Waals surface area contributed by atoms with Gasteiger partial charge in [-0.15, -0.1) is 0 Å². The molecule has 2 aromatic heterocycles. The fourth-order valence-electron chi connectivity index (χ4n) is 2.18. The molecule has 0 unspecified atom stereocenters. The Morgan fingerprint density at radius 2 is 2.18 bits per heavy atom. The third-order valence-electron chi connectivity index (χ3n) is 3.20. The van der Waals surface area contributed by atoms with E-state index in [0.29, 0.717) is 6.04 Å². The Kier molecular flexibility index (Phi) is 2.68. The van der Waals surface area contributed by atoms with Gasteiger partial charge in [0.15, 0.2) is 0 Å². The highest BCUT2D eigenvalue weighted by Gasteiger charge is 2.14. The van der Waals surface area contributed by atoms with Gasteiger partial charge >= 0.3 is 0 Å². The van der Waals surface area contributed by atoms with Gasteiger partial charge in [0.1, 0.15) is 5.82 Å². The average molecular weight is 232 g/mol. The van der Waals surface area contributed by atoms with Gasteiger partial charge in [-0.3, -0.25) is 4.68 Å². The van der Waals surface area contributed by atoms with Crippen molar-refractivity contribution < 1.29 is 4.74 Å². The lowest BCUT2D eigenvalue weighted by molar-refractivity contribution is 0.0904. The van der Waals surface area contributed by atoms with Crippen LogP contribution in [0.15, 0.2) is 18.5 Å². The maximum absolute atomic E-state index is 5.34. The van der Waals surface area contributed by atoms with Gasteiger partial charge < -0.3 is 10.1 Å². The first kappa shape index (κ1) is 10.5. The Balaban J connectivity index is 1.82. The molecule has 17 heavy (non-hydrogen) atoms. The SMILES string of the molecule is Cn1ncc2cnc(NC3CCOCC3)cc21. The highest BCUT2D eigenvalue weighted by molar-refractivity contribution is 5.80. The smallest absolute Gasteiger partial charge is 0.128 e. The summed E-state index contributed by atoms with van der Waals surface area (Å²) in [7, 11) is 1.95. The Hall–Kier alpha value is -1.62. The first-order valence-corrected chi connectivity index (χ1v) is 5.95. The van der Waals surface area contributed by atoms with Crippen LogP contribution in [-0.4, -0.2) is 34.0 Å². The van der Waals surface area contributed by atoms with Crippen molar-refractivity contribution in [3.63, 3.8) is 0 Å². The summed E-state index contributed by atoms with van der Waals surface area (Å²) < 4.78 is 7.21. The van der Waals surface area contributed by atoms with Crippen molar-refractivity contribution in [3.05, 3.63) is 18.5 Å². The molecule has 5 nitrogen and oxygen atoms in total. The highest BCUT2D eigenvalue weighted by atomic mass is 16.5. The fraction of sp³-hybridized carbons (Fsp3) is 0.500. The van der Waals surface area contributed by atoms with Crippen LogP contribution in [0.25, 0.3) is 10.9 Å². The molecule has 0 radical (unpaired) electrons. The normalized spacial score (nSPS) is 17.5. The van der Waals surface area contributed by atoms with E-state index in [1.807, 2.05) is 24.1 Å². The molecule has 1 aliphatic heterocycles. The van der Waals surface area contributed by atoms with Crippen LogP contribution < -0.4 is 5.32 Å². The molecule has 0 atom stereocenters. The molecule has 0 aromatic carbocycles. The summed E-state index contributed by atoms with van der Waals surface area (Å²) in [6.07, 6.45) is 5.79. The number of hydrogen-bond acceptors (Lipinski definition) is 4. The topological polar surface area (TPSA) is 52.0 Å². The largest absolute Gasteiger partial charge is 0.381 e. The van der Waals surface area contributed by atoms with E-state index in [1.54, 1.807) is 0 Å². The van der Waals surface area contributed by atoms with E-state index in [4.69, 9.17) is 4.74 Å². The van der Waals surface area contributed by atoms with Crippen LogP contribution in [0.4, 0.5) is 5.82 Å². The Bertz CT molecular complexity index is 516. The molecule has 3 heterocycles. The standard InChI is InChI=1S/C12H16N4O/c1-16-11-6-12(13-7-9(11)8-14-16)15-10-2-4-17-5-3-10/h6-8,10H,2-5H2,1H3,(H,13,15). The number of rotatable bonds is 2. The number of aryl methyl sites for hydroxylation is 1. The minimum absolute atomic E-state index is 0.474. The fourth-order valence-corrected chi connectivity index (χ4v) is 2.18. The molecule has 90 valence electrons. The van der Waals surface area contributed by atoms with Crippen molar-refractivity contribution in [3.8, 4) is 0 Å². The zero-order valence-corrected chi connectivity index (χ0v) is 9.89. The lowest BCUT2D eigenvalue weighted by atomic mass is 10.1. The second kappa shape index (κ2) is 4.33. The van der Waals surface area contributed by atoms with Crippen molar-refractivity contribution in [2.75, 3.05) is 18.5 Å². The number of fused-ring (bicyclic) bond motifs is 1. The van der Waals surface area contributed by atoms with Gasteiger partial charge in [-0.2, -0.15) is 5.10 Å². The molecule has 1 saturated heterocycles. The van der Waals surface area contributed by atoms with E-state index in [-0.39, 0.29) is 0 Å². The third-order valence-corrected chi connectivity index (χ3v) is 3.20. The van der Waals surface area contributed by atoms with Crippen molar-refractivity contribution >= 4 is 16.7 Å². The lowest BCUT2D eigenvalue weighted by Gasteiger charge is -2.23. The van der Waals surface area contributed by atoms with Gasteiger partial charge in [-0.05, 0) is 12.8 Å². The molecular formula is C12H16N4O. The first-order valence-electron chi connectivity index (χ1n) is 5.95. The van der Waals surface area contributed by atoms with E-state index in [1.165, 1.54) is 0 Å². The summed E-state index contributed by atoms with van der Waals surface area (Å²) in [5.74, 6) is 0.924. The molecule has 1 aliphatic rings. The van der Waals surface area contributed by atoms with Crippen LogP contribution >= 0.6 is 0 Å². The number of pyridine rings is 1. The predicted octanol–water partition coefficient (Wildman–Crippen LogP) is 1.56. The molecule has 0 amide bonds. The van der Waals surface area contributed by atoms with Gasteiger partial charge in [0.05, 0.1) is 11.7 Å². The molecular weight excluding hydrogens is 216 g/mol. The van der Waals surface area contributed by atoms with Crippen molar-refractivity contribution in [1.82, 2.24) is 14.8 Å². The van der Waals surface area contributed by atoms with Crippen LogP contribution in [-0.2, 0) is 11.8 Å². The Labute approximate surface area is 99.8 Å². The highest BCUT2D eigenvalue weighted by Crippen LogP contribution is 2.18. The van der Waals surface area contributed by atoms with E-state index >= 15 is 0 Å². The van der Waals surface area contributed by atoms with Crippen molar-refractivity contribution in [2.24, 2.45) is 7.05 Å². The molecule has 1 N–H and O–H groups in total. The zero-order valence-electron chi connectivity index (χ0n) is 9.89. The van der Waals surface area contributed by atoms with Crippen LogP contribution in [0.2, 0.25) is 0 Å². The van der Waals surface area contributed by atoms with E-state index in [9.17, 15) is 0 Å². The second-order valence-corrected chi connectivity index (χ2v) is 4.43. The summed E-state index contributed by atoms with van der Waals surface area (Å²) in [5, 5.41) is 8.74. The molecule has 2 aromatic rings. The zero-order chi connectivity index (χ0) is 11.7. The summed E-state index contributed by atoms with van der Waals surface area (Å²) in [6, 6.07) is 2.53. The van der Waals surface area contributed by atoms with Gasteiger partial charge in [0, 0.05) is 44.0 Å². The van der Waals surface area contributed by atoms with Crippen molar-refractivity contribution in [1.29, 1.82) is 0 Å². The van der Waals surface area contributed by atoms with Gasteiger partial charge in [-0.1, -0.05) is 0 Å². The minimum Gasteiger partial charge on any atom is -0.381 e. The quantitative estimate of drug-likeness (QED) is 0.853. The number of ether oxygens (including phenoxy) is 1. The number of hydrogen-bond donors (Lipinski definition) is 1. The molecule has 5 heteroatoms. The van der Waals surface area contributed by atoms with E-state index in [2.05, 4.69) is 21.5 Å². The van der Waals surface area contributed by atoms with Gasteiger partial charge in [0.2, 0.25) is 0 Å². The Morgan fingerprint density at radius 3 is 3.00 bits per heavy atom. The maximum atomic E-state index is 5.34. The summed E-state index contributed by atoms with van der Waals surface area (Å²) in [6.45, 7) is 1.68. The van der Waals surface area contributed by atoms with Gasteiger partial charge in [-0.25, -0.2) is 4.98 Å². The Morgan fingerprint density at radius 1 is 1.35 bits per heavy atom. The summed E-state index contributed by atoms with van der Waals surface area (Å²) in [5.41, 5.74) is 1.11. The molecule has 0 saturated carbocycles. The molecule has 0 bridgehead atoms. The first-order chi connectivity index (χ1) is 8.33. The summed E-state index contributed by atoms with van der Waals surface area (Å²) in [4.78, 5) is 4.41. The van der Waals surface area contributed by atoms with Crippen LogP contribution in [0.3, 0.4) is 0 Å². The van der Waals surface area contributed by atoms with Crippen LogP contribution in [0, 0.1) is 0 Å². The summed E-state index contributed by atoms with van der Waals surface area (Å²) >= 11 is 0. The molecule has 0 aliphatic carbocycles. The number of nitrogens with zero attached hydrogens (tertiary/aromatic N) is 3. The second-order valence-electron chi connectivity index (χ2n) is 4.43. The van der Waals surface area contributed by atoms with Crippen LogP contribution in [0.5, 0.6) is 0 Å². The van der Waals surface area contributed by atoms with E-state index < -0.39 is 0 Å². The predicted molar refractivity (Wildman–Crippen MR) is 66.0 cm³/mol. The van der Waals surface area contributed by atoms with Crippen molar-refractivity contribution in [2.45, 2.75) is 18.9 Å². The third kappa shape index (κ3) is 2.10. The number of anilines is 1. The maximum Gasteiger partial charge on any atom is 0.128 e. The van der Waals surface area contributed by atoms with Crippen LogP contribution in [0.1, 0.15) is 12.8 Å².